The number of amides is 1. The number of aliphatic hydroxyl groups is 1. The molecular weight excluding hydrogens is 454 g/mol. The molecule has 32 heavy (non-hydrogen) atoms. The van der Waals surface area contributed by atoms with E-state index in [-0.39, 0.29) is 17.2 Å². The summed E-state index contributed by atoms with van der Waals surface area (Å²) >= 11 is 7.21. The maximum absolute atomic E-state index is 13.0. The van der Waals surface area contributed by atoms with Crippen molar-refractivity contribution in [1.29, 1.82) is 0 Å². The zero-order valence-corrected chi connectivity index (χ0v) is 19.1. The van der Waals surface area contributed by atoms with E-state index in [0.717, 1.165) is 36.3 Å². The molecule has 2 atom stereocenters. The Morgan fingerprint density at radius 1 is 1.25 bits per heavy atom. The first kappa shape index (κ1) is 22.4. The molecule has 1 saturated carbocycles. The number of aryl methyl sites for hydroxylation is 1. The minimum absolute atomic E-state index is 0.0975. The van der Waals surface area contributed by atoms with E-state index < -0.39 is 5.91 Å². The third kappa shape index (κ3) is 4.98. The molecule has 2 N–H and O–H groups in total. The fourth-order valence-corrected chi connectivity index (χ4v) is 4.38. The van der Waals surface area contributed by atoms with Crippen LogP contribution in [0.25, 0.3) is 11.1 Å². The Bertz CT molecular complexity index is 1130. The summed E-state index contributed by atoms with van der Waals surface area (Å²) in [6.45, 7) is 2.20. The maximum Gasteiger partial charge on any atom is 0.295 e. The summed E-state index contributed by atoms with van der Waals surface area (Å²) in [5, 5.41) is 21.5. The van der Waals surface area contributed by atoms with Crippen molar-refractivity contribution in [2.24, 2.45) is 5.92 Å². The van der Waals surface area contributed by atoms with Gasteiger partial charge in [-0.05, 0) is 43.2 Å². The first-order valence-electron chi connectivity index (χ1n) is 10.1. The van der Waals surface area contributed by atoms with E-state index in [1.807, 2.05) is 6.92 Å². The largest absolute Gasteiger partial charge is 0.494 e. The first-order valence-corrected chi connectivity index (χ1v) is 11.3. The molecule has 0 spiro atoms. The molecule has 9 nitrogen and oxygen atoms in total. The van der Waals surface area contributed by atoms with Crippen molar-refractivity contribution in [3.8, 4) is 22.1 Å². The van der Waals surface area contributed by atoms with Crippen LogP contribution in [0, 0.1) is 12.8 Å². The van der Waals surface area contributed by atoms with Crippen molar-refractivity contribution in [3.05, 3.63) is 40.9 Å². The molecule has 1 aliphatic carbocycles. The highest BCUT2D eigenvalue weighted by Crippen LogP contribution is 2.34. The average molecular weight is 476 g/mol. The fourth-order valence-electron chi connectivity index (χ4n) is 3.63. The third-order valence-corrected chi connectivity index (χ3v) is 6.25. The molecule has 0 bridgehead atoms. The van der Waals surface area contributed by atoms with Crippen molar-refractivity contribution in [2.45, 2.75) is 32.3 Å². The molecule has 0 aliphatic heterocycles. The number of carbonyl (C=O) groups is 1. The number of methoxy groups -OCH3 is 1. The van der Waals surface area contributed by atoms with Crippen molar-refractivity contribution in [3.63, 3.8) is 0 Å². The smallest absolute Gasteiger partial charge is 0.295 e. The average Bonchev–Trinajstić information content (AvgIpc) is 3.40. The monoisotopic (exact) mass is 475 g/mol. The van der Waals surface area contributed by atoms with E-state index in [9.17, 15) is 9.90 Å². The van der Waals surface area contributed by atoms with Gasteiger partial charge in [0.25, 0.3) is 11.1 Å². The zero-order chi connectivity index (χ0) is 22.7. The molecule has 0 radical (unpaired) electrons. The van der Waals surface area contributed by atoms with E-state index in [4.69, 9.17) is 21.1 Å². The van der Waals surface area contributed by atoms with Gasteiger partial charge in [0.15, 0.2) is 0 Å². The van der Waals surface area contributed by atoms with Crippen molar-refractivity contribution < 1.29 is 19.4 Å². The van der Waals surface area contributed by atoms with Crippen molar-refractivity contribution in [1.82, 2.24) is 20.2 Å². The number of hydrogen-bond donors (Lipinski definition) is 2. The van der Waals surface area contributed by atoms with E-state index >= 15 is 0 Å². The lowest BCUT2D eigenvalue weighted by Gasteiger charge is -2.13. The number of nitrogens with zero attached hydrogens (tertiary/aromatic N) is 4. The van der Waals surface area contributed by atoms with Gasteiger partial charge < -0.3 is 14.6 Å². The molecule has 3 aromatic rings. The number of carbonyl (C=O) groups excluding carboxylic acids is 1. The molecule has 168 valence electrons. The fraction of sp³-hybridized carbons (Fsp3) is 0.381. The third-order valence-electron chi connectivity index (χ3n) is 5.30. The molecule has 4 rings (SSSR count). The van der Waals surface area contributed by atoms with Crippen LogP contribution in [0.3, 0.4) is 0 Å². The Balaban J connectivity index is 1.52. The summed E-state index contributed by atoms with van der Waals surface area (Å²) in [7, 11) is 1.52. The van der Waals surface area contributed by atoms with Crippen LogP contribution < -0.4 is 14.8 Å². The van der Waals surface area contributed by atoms with E-state index in [2.05, 4.69) is 25.5 Å². The van der Waals surface area contributed by atoms with Gasteiger partial charge in [0, 0.05) is 28.9 Å². The molecule has 1 aliphatic rings. The van der Waals surface area contributed by atoms with Crippen molar-refractivity contribution in [2.75, 3.05) is 19.0 Å². The Kier molecular flexibility index (Phi) is 6.83. The number of aromatic nitrogens is 4. The van der Waals surface area contributed by atoms with E-state index in [1.165, 1.54) is 19.5 Å². The van der Waals surface area contributed by atoms with Gasteiger partial charge in [-0.1, -0.05) is 23.1 Å². The van der Waals surface area contributed by atoms with E-state index in [1.54, 1.807) is 12.1 Å². The SMILES string of the molecule is COc1cnc(Cl)cc1-c1cc(C)ncc1C(=O)Nc1nnc(OC[C@@H]2CCC[C@H]2O)s1. The lowest BCUT2D eigenvalue weighted by molar-refractivity contribution is 0.0981. The standard InChI is InChI=1S/C21H22ClN5O4S/c1-11-6-13(14-7-18(22)24-9-17(14)30-2)15(8-23-11)19(29)25-20-26-27-21(32-20)31-10-12-4-3-5-16(12)28/h6-9,12,16,28H,3-5,10H2,1-2H3,(H,25,26,29)/t12-,16+/m0/s1. The lowest BCUT2D eigenvalue weighted by Crippen LogP contribution is -2.20. The van der Waals surface area contributed by atoms with Gasteiger partial charge >= 0.3 is 0 Å². The van der Waals surface area contributed by atoms with Crippen LogP contribution in [0.2, 0.25) is 5.15 Å². The molecule has 1 fully saturated rings. The lowest BCUT2D eigenvalue weighted by atomic mass is 10.0. The van der Waals surface area contributed by atoms with Gasteiger partial charge in [0.2, 0.25) is 5.13 Å². The van der Waals surface area contributed by atoms with Gasteiger partial charge in [-0.15, -0.1) is 5.10 Å². The van der Waals surface area contributed by atoms with E-state index in [0.29, 0.717) is 39.4 Å². The molecular formula is C21H22ClN5O4S. The summed E-state index contributed by atoms with van der Waals surface area (Å²) in [5.74, 6) is 0.173. The first-order chi connectivity index (χ1) is 15.4. The normalized spacial score (nSPS) is 17.9. The highest BCUT2D eigenvalue weighted by molar-refractivity contribution is 7.17. The number of anilines is 1. The summed E-state index contributed by atoms with van der Waals surface area (Å²) in [4.78, 5) is 21.3. The number of halogens is 1. The van der Waals surface area contributed by atoms with Crippen LogP contribution >= 0.6 is 22.9 Å². The quantitative estimate of drug-likeness (QED) is 0.496. The number of nitrogens with one attached hydrogen (secondary N) is 1. The Labute approximate surface area is 193 Å². The maximum atomic E-state index is 13.0. The van der Waals surface area contributed by atoms with Gasteiger partial charge in [-0.3, -0.25) is 15.1 Å². The number of hydrogen-bond acceptors (Lipinski definition) is 9. The molecule has 3 aromatic heterocycles. The minimum Gasteiger partial charge on any atom is -0.494 e. The minimum atomic E-state index is -0.406. The second-order valence-corrected chi connectivity index (χ2v) is 8.80. The van der Waals surface area contributed by atoms with Crippen LogP contribution in [-0.4, -0.2) is 51.0 Å². The van der Waals surface area contributed by atoms with Crippen LogP contribution in [0.15, 0.2) is 24.5 Å². The van der Waals surface area contributed by atoms with Gasteiger partial charge in [-0.25, -0.2) is 4.98 Å². The second-order valence-electron chi connectivity index (χ2n) is 7.48. The highest BCUT2D eigenvalue weighted by atomic mass is 35.5. The van der Waals surface area contributed by atoms with Crippen LogP contribution in [0.4, 0.5) is 5.13 Å². The molecule has 0 saturated heterocycles. The van der Waals surface area contributed by atoms with Gasteiger partial charge in [0.05, 0.1) is 31.6 Å². The number of pyridine rings is 2. The predicted octanol–water partition coefficient (Wildman–Crippen LogP) is 3.76. The van der Waals surface area contributed by atoms with Crippen LogP contribution in [0.5, 0.6) is 10.9 Å². The van der Waals surface area contributed by atoms with Crippen LogP contribution in [0.1, 0.15) is 35.3 Å². The summed E-state index contributed by atoms with van der Waals surface area (Å²) in [5.41, 5.74) is 2.28. The summed E-state index contributed by atoms with van der Waals surface area (Å²) < 4.78 is 11.1. The predicted molar refractivity (Wildman–Crippen MR) is 120 cm³/mol. The topological polar surface area (TPSA) is 119 Å². The zero-order valence-electron chi connectivity index (χ0n) is 17.5. The Morgan fingerprint density at radius 3 is 2.84 bits per heavy atom. The summed E-state index contributed by atoms with van der Waals surface area (Å²) in [6, 6.07) is 3.42. The Morgan fingerprint density at radius 2 is 2.09 bits per heavy atom. The molecule has 1 amide bonds. The van der Waals surface area contributed by atoms with Crippen LogP contribution in [-0.2, 0) is 0 Å². The molecule has 3 heterocycles. The summed E-state index contributed by atoms with van der Waals surface area (Å²) in [6.07, 6.45) is 5.38. The Hall–Kier alpha value is -2.82. The number of ether oxygens (including phenoxy) is 2. The van der Waals surface area contributed by atoms with Gasteiger partial charge in [0.1, 0.15) is 10.9 Å². The second kappa shape index (κ2) is 9.76. The number of aliphatic hydroxyl groups excluding tert-OH is 1. The molecule has 0 aromatic carbocycles. The van der Waals surface area contributed by atoms with Gasteiger partial charge in [-0.2, -0.15) is 0 Å². The molecule has 0 unspecified atom stereocenters. The molecule has 11 heteroatoms. The highest BCUT2D eigenvalue weighted by Gasteiger charge is 2.26. The number of rotatable bonds is 7. The van der Waals surface area contributed by atoms with Crippen molar-refractivity contribution >= 4 is 34.0 Å².